The van der Waals surface area contributed by atoms with Crippen LogP contribution in [0.3, 0.4) is 0 Å². The van der Waals surface area contributed by atoms with Crippen LogP contribution in [0.1, 0.15) is 20.8 Å². The van der Waals surface area contributed by atoms with Crippen LogP contribution in [0.2, 0.25) is 5.15 Å². The highest BCUT2D eigenvalue weighted by molar-refractivity contribution is 6.29. The van der Waals surface area contributed by atoms with Gasteiger partial charge in [0.2, 0.25) is 0 Å². The third-order valence-corrected chi connectivity index (χ3v) is 2.09. The average Bonchev–Trinajstić information content (AvgIpc) is 2.22. The van der Waals surface area contributed by atoms with E-state index in [1.54, 1.807) is 6.20 Å². The predicted octanol–water partition coefficient (Wildman–Crippen LogP) is 2.36. The summed E-state index contributed by atoms with van der Waals surface area (Å²) in [7, 11) is 0. The SMILES string of the molecule is CC.CC1(Nc2cnc(Cl)cn2)COC1. The minimum absolute atomic E-state index is 0.00249. The van der Waals surface area contributed by atoms with E-state index in [9.17, 15) is 0 Å². The summed E-state index contributed by atoms with van der Waals surface area (Å²) < 4.78 is 5.10. The van der Waals surface area contributed by atoms with Crippen molar-refractivity contribution in [2.75, 3.05) is 18.5 Å². The number of aromatic nitrogens is 2. The summed E-state index contributed by atoms with van der Waals surface area (Å²) in [5.41, 5.74) is 0.00249. The van der Waals surface area contributed by atoms with Gasteiger partial charge in [-0.25, -0.2) is 9.97 Å². The molecule has 1 aliphatic heterocycles. The molecule has 1 aromatic rings. The Morgan fingerprint density at radius 2 is 2.00 bits per heavy atom. The molecule has 84 valence electrons. The average molecular weight is 230 g/mol. The zero-order valence-electron chi connectivity index (χ0n) is 9.25. The van der Waals surface area contributed by atoms with Crippen LogP contribution in [0, 0.1) is 0 Å². The van der Waals surface area contributed by atoms with Crippen molar-refractivity contribution in [2.24, 2.45) is 0 Å². The van der Waals surface area contributed by atoms with Gasteiger partial charge in [0.05, 0.1) is 31.1 Å². The maximum absolute atomic E-state index is 5.60. The fourth-order valence-corrected chi connectivity index (χ4v) is 1.26. The summed E-state index contributed by atoms with van der Waals surface area (Å²) >= 11 is 5.60. The third-order valence-electron chi connectivity index (χ3n) is 1.89. The second-order valence-corrected chi connectivity index (χ2v) is 3.79. The van der Waals surface area contributed by atoms with Gasteiger partial charge < -0.3 is 10.1 Å². The minimum atomic E-state index is 0.00249. The number of anilines is 1. The zero-order chi connectivity index (χ0) is 11.3. The first-order chi connectivity index (χ1) is 7.18. The number of hydrogen-bond donors (Lipinski definition) is 1. The Balaban J connectivity index is 0.000000531. The van der Waals surface area contributed by atoms with Crippen molar-refractivity contribution in [2.45, 2.75) is 26.3 Å². The topological polar surface area (TPSA) is 47.0 Å². The Hall–Kier alpha value is -0.870. The number of hydrogen-bond acceptors (Lipinski definition) is 4. The van der Waals surface area contributed by atoms with Gasteiger partial charge in [0.25, 0.3) is 0 Å². The molecule has 0 amide bonds. The van der Waals surface area contributed by atoms with Gasteiger partial charge >= 0.3 is 0 Å². The van der Waals surface area contributed by atoms with E-state index in [4.69, 9.17) is 16.3 Å². The number of halogens is 1. The molecule has 5 heteroatoms. The molecule has 1 aromatic heterocycles. The molecule has 1 saturated heterocycles. The Kier molecular flexibility index (Phi) is 4.29. The Bertz CT molecular complexity index is 298. The summed E-state index contributed by atoms with van der Waals surface area (Å²) in [6.07, 6.45) is 3.14. The van der Waals surface area contributed by atoms with E-state index in [0.29, 0.717) is 18.4 Å². The molecule has 0 aromatic carbocycles. The first-order valence-corrected chi connectivity index (χ1v) is 5.39. The van der Waals surface area contributed by atoms with Gasteiger partial charge in [0, 0.05) is 0 Å². The monoisotopic (exact) mass is 229 g/mol. The molecule has 0 saturated carbocycles. The van der Waals surface area contributed by atoms with Crippen molar-refractivity contribution < 1.29 is 4.74 Å². The lowest BCUT2D eigenvalue weighted by Gasteiger charge is -2.38. The maximum atomic E-state index is 5.60. The van der Waals surface area contributed by atoms with Gasteiger partial charge in [-0.1, -0.05) is 25.4 Å². The van der Waals surface area contributed by atoms with E-state index >= 15 is 0 Å². The lowest BCUT2D eigenvalue weighted by atomic mass is 10.0. The first-order valence-electron chi connectivity index (χ1n) is 5.01. The van der Waals surface area contributed by atoms with Crippen LogP contribution in [-0.2, 0) is 4.74 Å². The van der Waals surface area contributed by atoms with Crippen molar-refractivity contribution in [3.63, 3.8) is 0 Å². The second-order valence-electron chi connectivity index (χ2n) is 3.40. The first kappa shape index (κ1) is 12.2. The van der Waals surface area contributed by atoms with E-state index in [-0.39, 0.29) is 5.54 Å². The molecule has 0 radical (unpaired) electrons. The van der Waals surface area contributed by atoms with Gasteiger partial charge in [-0.2, -0.15) is 0 Å². The maximum Gasteiger partial charge on any atom is 0.147 e. The standard InChI is InChI=1S/C8H10ClN3O.C2H6/c1-8(4-13-5-8)12-7-3-10-6(9)2-11-7;1-2/h2-3H,4-5H2,1H3,(H,11,12);1-2H3. The fraction of sp³-hybridized carbons (Fsp3) is 0.600. The lowest BCUT2D eigenvalue weighted by Crippen LogP contribution is -2.53. The summed E-state index contributed by atoms with van der Waals surface area (Å²) in [5, 5.41) is 3.63. The fourth-order valence-electron chi connectivity index (χ4n) is 1.17. The number of nitrogens with zero attached hydrogens (tertiary/aromatic N) is 2. The molecular formula is C10H16ClN3O. The van der Waals surface area contributed by atoms with E-state index in [1.165, 1.54) is 6.20 Å². The van der Waals surface area contributed by atoms with Crippen LogP contribution in [0.25, 0.3) is 0 Å². The Morgan fingerprint density at radius 3 is 2.40 bits per heavy atom. The zero-order valence-corrected chi connectivity index (χ0v) is 10.0. The van der Waals surface area contributed by atoms with Gasteiger partial charge in [-0.3, -0.25) is 0 Å². The van der Waals surface area contributed by atoms with E-state index in [2.05, 4.69) is 22.2 Å². The molecule has 0 unspecified atom stereocenters. The Labute approximate surface area is 95.0 Å². The number of nitrogens with one attached hydrogen (secondary N) is 1. The van der Waals surface area contributed by atoms with Gasteiger partial charge in [-0.05, 0) is 6.92 Å². The largest absolute Gasteiger partial charge is 0.376 e. The molecule has 15 heavy (non-hydrogen) atoms. The molecule has 4 nitrogen and oxygen atoms in total. The number of ether oxygens (including phenoxy) is 1. The summed E-state index contributed by atoms with van der Waals surface area (Å²) in [6.45, 7) is 7.49. The van der Waals surface area contributed by atoms with Gasteiger partial charge in [0.15, 0.2) is 0 Å². The molecule has 0 atom stereocenters. The van der Waals surface area contributed by atoms with Gasteiger partial charge in [0.1, 0.15) is 11.0 Å². The van der Waals surface area contributed by atoms with Crippen LogP contribution >= 0.6 is 11.6 Å². The quantitative estimate of drug-likeness (QED) is 0.846. The molecule has 1 aliphatic rings. The van der Waals surface area contributed by atoms with Crippen molar-refractivity contribution >= 4 is 17.4 Å². The second kappa shape index (κ2) is 5.28. The normalized spacial score (nSPS) is 17.1. The lowest BCUT2D eigenvalue weighted by molar-refractivity contribution is -0.0320. The highest BCUT2D eigenvalue weighted by Gasteiger charge is 2.33. The van der Waals surface area contributed by atoms with E-state index < -0.39 is 0 Å². The van der Waals surface area contributed by atoms with Crippen LogP contribution in [-0.4, -0.2) is 28.7 Å². The van der Waals surface area contributed by atoms with Crippen LogP contribution < -0.4 is 5.32 Å². The third kappa shape index (κ3) is 3.32. The predicted molar refractivity (Wildman–Crippen MR) is 61.2 cm³/mol. The molecule has 1 fully saturated rings. The molecular weight excluding hydrogens is 214 g/mol. The number of rotatable bonds is 2. The molecule has 2 heterocycles. The highest BCUT2D eigenvalue weighted by Crippen LogP contribution is 2.20. The van der Waals surface area contributed by atoms with Crippen molar-refractivity contribution in [1.29, 1.82) is 0 Å². The smallest absolute Gasteiger partial charge is 0.147 e. The molecule has 0 bridgehead atoms. The minimum Gasteiger partial charge on any atom is -0.376 e. The van der Waals surface area contributed by atoms with Crippen molar-refractivity contribution in [1.82, 2.24) is 9.97 Å². The molecule has 0 spiro atoms. The van der Waals surface area contributed by atoms with E-state index in [1.807, 2.05) is 13.8 Å². The summed E-state index contributed by atoms with van der Waals surface area (Å²) in [5.74, 6) is 0.732. The highest BCUT2D eigenvalue weighted by atomic mass is 35.5. The molecule has 1 N–H and O–H groups in total. The molecule has 2 rings (SSSR count). The summed E-state index contributed by atoms with van der Waals surface area (Å²) in [6, 6.07) is 0. The van der Waals surface area contributed by atoms with E-state index in [0.717, 1.165) is 5.82 Å². The van der Waals surface area contributed by atoms with Crippen LogP contribution in [0.5, 0.6) is 0 Å². The Morgan fingerprint density at radius 1 is 1.33 bits per heavy atom. The van der Waals surface area contributed by atoms with Gasteiger partial charge in [-0.15, -0.1) is 0 Å². The van der Waals surface area contributed by atoms with Crippen LogP contribution in [0.15, 0.2) is 12.4 Å². The van der Waals surface area contributed by atoms with Crippen LogP contribution in [0.4, 0.5) is 5.82 Å². The summed E-state index contributed by atoms with van der Waals surface area (Å²) in [4.78, 5) is 8.01. The molecule has 0 aliphatic carbocycles. The van der Waals surface area contributed by atoms with Crippen molar-refractivity contribution in [3.05, 3.63) is 17.5 Å². The van der Waals surface area contributed by atoms with Crippen molar-refractivity contribution in [3.8, 4) is 0 Å².